The maximum absolute atomic E-state index is 6.03. The predicted molar refractivity (Wildman–Crippen MR) is 66.1 cm³/mol. The second-order valence-electron chi connectivity index (χ2n) is 3.93. The molecule has 0 saturated heterocycles. The molecule has 0 aromatic heterocycles. The molecule has 0 saturated carbocycles. The van der Waals surface area contributed by atoms with Crippen molar-refractivity contribution in [3.05, 3.63) is 23.8 Å². The highest BCUT2D eigenvalue weighted by atomic mass is 16.5. The number of nitrogens with two attached hydrogens (primary N) is 1. The van der Waals surface area contributed by atoms with Crippen molar-refractivity contribution in [1.29, 1.82) is 0 Å². The molecule has 3 heteroatoms. The Morgan fingerprint density at radius 2 is 2.00 bits per heavy atom. The van der Waals surface area contributed by atoms with Gasteiger partial charge in [-0.1, -0.05) is 13.3 Å². The molecule has 0 bridgehead atoms. The van der Waals surface area contributed by atoms with E-state index in [4.69, 9.17) is 15.2 Å². The highest BCUT2D eigenvalue weighted by Gasteiger charge is 2.09. The monoisotopic (exact) mass is 223 g/mol. The molecular formula is C13H21NO2. The molecule has 1 aromatic rings. The van der Waals surface area contributed by atoms with Crippen LogP contribution in [-0.2, 0) is 6.42 Å². The fraction of sp³-hybridized carbons (Fsp3) is 0.538. The molecule has 0 fully saturated rings. The first-order valence-corrected chi connectivity index (χ1v) is 5.67. The van der Waals surface area contributed by atoms with E-state index in [0.717, 1.165) is 36.3 Å². The van der Waals surface area contributed by atoms with Crippen LogP contribution < -0.4 is 15.2 Å². The zero-order chi connectivity index (χ0) is 12.0. The molecular weight excluding hydrogens is 202 g/mol. The number of ether oxygens (including phenoxy) is 2. The van der Waals surface area contributed by atoms with Crippen molar-refractivity contribution in [2.75, 3.05) is 14.2 Å². The molecule has 0 spiro atoms. The second kappa shape index (κ2) is 6.38. The number of hydrogen-bond donors (Lipinski definition) is 1. The number of rotatable bonds is 6. The predicted octanol–water partition coefficient (Wildman–Crippen LogP) is 2.37. The van der Waals surface area contributed by atoms with Gasteiger partial charge in [0.15, 0.2) is 0 Å². The standard InChI is InChI=1S/C13H21NO2/c1-4-5-11(14)8-10-9-12(15-2)6-7-13(10)16-3/h6-7,9,11H,4-5,8,14H2,1-3H3. The molecule has 2 N–H and O–H groups in total. The van der Waals surface area contributed by atoms with Crippen LogP contribution in [0.5, 0.6) is 11.5 Å². The quantitative estimate of drug-likeness (QED) is 0.805. The van der Waals surface area contributed by atoms with Crippen LogP contribution in [0, 0.1) is 0 Å². The van der Waals surface area contributed by atoms with E-state index in [9.17, 15) is 0 Å². The zero-order valence-corrected chi connectivity index (χ0v) is 10.3. The number of methoxy groups -OCH3 is 2. The van der Waals surface area contributed by atoms with Gasteiger partial charge in [0.2, 0.25) is 0 Å². The summed E-state index contributed by atoms with van der Waals surface area (Å²) in [7, 11) is 3.34. The third-order valence-corrected chi connectivity index (χ3v) is 2.63. The Morgan fingerprint density at radius 3 is 2.56 bits per heavy atom. The van der Waals surface area contributed by atoms with Crippen LogP contribution in [0.25, 0.3) is 0 Å². The topological polar surface area (TPSA) is 44.5 Å². The molecule has 1 rings (SSSR count). The molecule has 0 amide bonds. The Morgan fingerprint density at radius 1 is 1.25 bits per heavy atom. The summed E-state index contributed by atoms with van der Waals surface area (Å²) in [5.41, 5.74) is 7.15. The van der Waals surface area contributed by atoms with Gasteiger partial charge in [-0.25, -0.2) is 0 Å². The van der Waals surface area contributed by atoms with Gasteiger partial charge in [0.05, 0.1) is 14.2 Å². The van der Waals surface area contributed by atoms with Crippen molar-refractivity contribution < 1.29 is 9.47 Å². The molecule has 90 valence electrons. The summed E-state index contributed by atoms with van der Waals surface area (Å²) in [4.78, 5) is 0. The number of hydrogen-bond acceptors (Lipinski definition) is 3. The lowest BCUT2D eigenvalue weighted by atomic mass is 10.0. The van der Waals surface area contributed by atoms with Gasteiger partial charge in [0, 0.05) is 6.04 Å². The minimum absolute atomic E-state index is 0.186. The van der Waals surface area contributed by atoms with Gasteiger partial charge >= 0.3 is 0 Å². The van der Waals surface area contributed by atoms with E-state index in [1.807, 2.05) is 18.2 Å². The first kappa shape index (κ1) is 12.8. The Labute approximate surface area is 97.6 Å². The SMILES string of the molecule is CCCC(N)Cc1cc(OC)ccc1OC. The zero-order valence-electron chi connectivity index (χ0n) is 10.3. The van der Waals surface area contributed by atoms with E-state index >= 15 is 0 Å². The van der Waals surface area contributed by atoms with Gasteiger partial charge in [-0.15, -0.1) is 0 Å². The Balaban J connectivity index is 2.82. The summed E-state index contributed by atoms with van der Waals surface area (Å²) in [6.45, 7) is 2.14. The van der Waals surface area contributed by atoms with Crippen LogP contribution in [0.2, 0.25) is 0 Å². The average Bonchev–Trinajstić information content (AvgIpc) is 2.29. The van der Waals surface area contributed by atoms with Gasteiger partial charge in [0.25, 0.3) is 0 Å². The average molecular weight is 223 g/mol. The molecule has 3 nitrogen and oxygen atoms in total. The molecule has 1 atom stereocenters. The third kappa shape index (κ3) is 3.42. The van der Waals surface area contributed by atoms with E-state index in [1.165, 1.54) is 0 Å². The minimum atomic E-state index is 0.186. The van der Waals surface area contributed by atoms with Crippen LogP contribution in [-0.4, -0.2) is 20.3 Å². The summed E-state index contributed by atoms with van der Waals surface area (Å²) < 4.78 is 10.5. The first-order valence-electron chi connectivity index (χ1n) is 5.67. The fourth-order valence-corrected chi connectivity index (χ4v) is 1.80. The Kier molecular flexibility index (Phi) is 5.12. The minimum Gasteiger partial charge on any atom is -0.497 e. The van der Waals surface area contributed by atoms with Gasteiger partial charge in [0.1, 0.15) is 11.5 Å². The molecule has 0 heterocycles. The summed E-state index contributed by atoms with van der Waals surface area (Å²) in [6.07, 6.45) is 2.96. The van der Waals surface area contributed by atoms with Crippen LogP contribution in [0.4, 0.5) is 0 Å². The Hall–Kier alpha value is -1.22. The molecule has 0 aliphatic rings. The lowest BCUT2D eigenvalue weighted by Gasteiger charge is -2.14. The normalized spacial score (nSPS) is 12.2. The molecule has 0 aliphatic carbocycles. The van der Waals surface area contributed by atoms with E-state index in [-0.39, 0.29) is 6.04 Å². The van der Waals surface area contributed by atoms with Crippen molar-refractivity contribution in [2.45, 2.75) is 32.2 Å². The van der Waals surface area contributed by atoms with Crippen molar-refractivity contribution in [3.8, 4) is 11.5 Å². The van der Waals surface area contributed by atoms with Crippen LogP contribution in [0.1, 0.15) is 25.3 Å². The van der Waals surface area contributed by atoms with Crippen LogP contribution >= 0.6 is 0 Å². The van der Waals surface area contributed by atoms with Gasteiger partial charge in [-0.05, 0) is 36.6 Å². The molecule has 0 aliphatic heterocycles. The maximum atomic E-state index is 6.03. The van der Waals surface area contributed by atoms with Gasteiger partial charge in [-0.3, -0.25) is 0 Å². The van der Waals surface area contributed by atoms with E-state index < -0.39 is 0 Å². The lowest BCUT2D eigenvalue weighted by Crippen LogP contribution is -2.22. The molecule has 1 aromatic carbocycles. The van der Waals surface area contributed by atoms with Crippen molar-refractivity contribution in [1.82, 2.24) is 0 Å². The Bertz CT molecular complexity index is 326. The van der Waals surface area contributed by atoms with E-state index in [0.29, 0.717) is 0 Å². The summed E-state index contributed by atoms with van der Waals surface area (Å²) in [5.74, 6) is 1.73. The van der Waals surface area contributed by atoms with Gasteiger partial charge in [-0.2, -0.15) is 0 Å². The van der Waals surface area contributed by atoms with Gasteiger partial charge < -0.3 is 15.2 Å². The summed E-state index contributed by atoms with van der Waals surface area (Å²) in [5, 5.41) is 0. The van der Waals surface area contributed by atoms with Crippen molar-refractivity contribution >= 4 is 0 Å². The van der Waals surface area contributed by atoms with Crippen molar-refractivity contribution in [2.24, 2.45) is 5.73 Å². The molecule has 0 radical (unpaired) electrons. The summed E-state index contributed by atoms with van der Waals surface area (Å²) in [6, 6.07) is 6.00. The van der Waals surface area contributed by atoms with Crippen LogP contribution in [0.3, 0.4) is 0 Å². The fourth-order valence-electron chi connectivity index (χ4n) is 1.80. The highest BCUT2D eigenvalue weighted by molar-refractivity contribution is 5.40. The number of benzene rings is 1. The maximum Gasteiger partial charge on any atom is 0.122 e. The smallest absolute Gasteiger partial charge is 0.122 e. The first-order chi connectivity index (χ1) is 7.71. The molecule has 1 unspecified atom stereocenters. The summed E-state index contributed by atoms with van der Waals surface area (Å²) >= 11 is 0. The van der Waals surface area contributed by atoms with E-state index in [1.54, 1.807) is 14.2 Å². The lowest BCUT2D eigenvalue weighted by molar-refractivity contribution is 0.396. The van der Waals surface area contributed by atoms with E-state index in [2.05, 4.69) is 6.92 Å². The highest BCUT2D eigenvalue weighted by Crippen LogP contribution is 2.25. The molecule has 16 heavy (non-hydrogen) atoms. The largest absolute Gasteiger partial charge is 0.497 e. The van der Waals surface area contributed by atoms with Crippen molar-refractivity contribution in [3.63, 3.8) is 0 Å². The third-order valence-electron chi connectivity index (χ3n) is 2.63. The van der Waals surface area contributed by atoms with Crippen LogP contribution in [0.15, 0.2) is 18.2 Å². The second-order valence-corrected chi connectivity index (χ2v) is 3.93.